The lowest BCUT2D eigenvalue weighted by atomic mass is 9.92. The van der Waals surface area contributed by atoms with Gasteiger partial charge in [-0.25, -0.2) is 0 Å². The van der Waals surface area contributed by atoms with E-state index in [0.717, 1.165) is 36.0 Å². The van der Waals surface area contributed by atoms with Crippen molar-refractivity contribution in [3.05, 3.63) is 0 Å². The van der Waals surface area contributed by atoms with Gasteiger partial charge in [-0.05, 0) is 25.0 Å². The van der Waals surface area contributed by atoms with Crippen molar-refractivity contribution in [1.82, 2.24) is 0 Å². The van der Waals surface area contributed by atoms with Gasteiger partial charge in [0.15, 0.2) is 5.79 Å². The molecule has 21 heavy (non-hydrogen) atoms. The monoisotopic (exact) mass is 334 g/mol. The van der Waals surface area contributed by atoms with Crippen LogP contribution in [0, 0.1) is 11.3 Å². The van der Waals surface area contributed by atoms with Gasteiger partial charge in [-0.2, -0.15) is 0 Å². The van der Waals surface area contributed by atoms with Crippen molar-refractivity contribution in [2.24, 2.45) is 11.3 Å². The van der Waals surface area contributed by atoms with Crippen LogP contribution in [0.25, 0.3) is 0 Å². The second-order valence-corrected chi connectivity index (χ2v) is 9.08. The van der Waals surface area contributed by atoms with Crippen LogP contribution in [-0.4, -0.2) is 40.2 Å². The number of hydrogen-bond donors (Lipinski definition) is 1. The molecule has 0 amide bonds. The van der Waals surface area contributed by atoms with Gasteiger partial charge in [-0.15, -0.1) is 11.8 Å². The number of thioether (sulfide) groups is 1. The zero-order chi connectivity index (χ0) is 16.1. The van der Waals surface area contributed by atoms with E-state index in [9.17, 15) is 5.11 Å². The van der Waals surface area contributed by atoms with Crippen LogP contribution in [0.5, 0.6) is 0 Å². The fourth-order valence-corrected chi connectivity index (χ4v) is 3.33. The lowest BCUT2D eigenvalue weighted by Gasteiger charge is -2.42. The molecule has 1 N–H and O–H groups in total. The molecule has 0 unspecified atom stereocenters. The average Bonchev–Trinajstić information content (AvgIpc) is 2.40. The van der Waals surface area contributed by atoms with E-state index in [1.165, 1.54) is 0 Å². The molecule has 124 valence electrons. The molecule has 1 heterocycles. The normalized spacial score (nSPS) is 23.5. The molecular weight excluding hydrogens is 304 g/mol. The van der Waals surface area contributed by atoms with E-state index in [1.807, 2.05) is 6.92 Å². The summed E-state index contributed by atoms with van der Waals surface area (Å²) in [4.78, 5) is 0. The predicted molar refractivity (Wildman–Crippen MR) is 93.8 cm³/mol. The molecule has 1 rings (SSSR count). The molecule has 0 spiro atoms. The Morgan fingerprint density at radius 1 is 1.29 bits per heavy atom. The number of hydrogen-bond acceptors (Lipinski definition) is 5. The van der Waals surface area contributed by atoms with Crippen molar-refractivity contribution in [2.45, 2.75) is 65.8 Å². The van der Waals surface area contributed by atoms with E-state index in [0.29, 0.717) is 6.42 Å². The fourth-order valence-electron chi connectivity index (χ4n) is 2.20. The van der Waals surface area contributed by atoms with Crippen LogP contribution in [0.4, 0.5) is 0 Å². The Morgan fingerprint density at radius 3 is 2.38 bits per heavy atom. The minimum atomic E-state index is -0.512. The second-order valence-electron chi connectivity index (χ2n) is 6.97. The summed E-state index contributed by atoms with van der Waals surface area (Å²) >= 11 is 6.90. The molecule has 2 atom stereocenters. The molecular formula is C16H30O3S2. The molecule has 5 heteroatoms. The van der Waals surface area contributed by atoms with Crippen molar-refractivity contribution >= 4 is 28.2 Å². The second kappa shape index (κ2) is 8.25. The van der Waals surface area contributed by atoms with Crippen LogP contribution >= 0.6 is 24.0 Å². The van der Waals surface area contributed by atoms with E-state index in [-0.39, 0.29) is 17.4 Å². The molecule has 0 aromatic heterocycles. The third kappa shape index (κ3) is 6.95. The molecule has 1 saturated heterocycles. The Bertz CT molecular complexity index is 334. The third-order valence-corrected chi connectivity index (χ3v) is 5.23. The first-order valence-corrected chi connectivity index (χ1v) is 9.18. The predicted octanol–water partition coefficient (Wildman–Crippen LogP) is 4.02. The maximum Gasteiger partial charge on any atom is 0.165 e. The largest absolute Gasteiger partial charge is 0.392 e. The Hall–Kier alpha value is 0.320. The molecule has 0 aromatic carbocycles. The molecule has 0 aliphatic carbocycles. The molecule has 1 fully saturated rings. The van der Waals surface area contributed by atoms with Gasteiger partial charge >= 0.3 is 0 Å². The molecule has 1 aliphatic rings. The molecule has 0 saturated carbocycles. The van der Waals surface area contributed by atoms with Gasteiger partial charge in [0.05, 0.1) is 23.5 Å². The third-order valence-electron chi connectivity index (χ3n) is 3.93. The smallest absolute Gasteiger partial charge is 0.165 e. The van der Waals surface area contributed by atoms with Crippen molar-refractivity contribution in [3.63, 3.8) is 0 Å². The van der Waals surface area contributed by atoms with E-state index in [2.05, 4.69) is 27.7 Å². The number of ether oxygens (including phenoxy) is 2. The highest BCUT2D eigenvalue weighted by atomic mass is 32.2. The number of thiocarbonyl (C=S) groups is 1. The summed E-state index contributed by atoms with van der Waals surface area (Å²) < 4.78 is 12.7. The lowest BCUT2D eigenvalue weighted by Crippen LogP contribution is -2.45. The fraction of sp³-hybridized carbons (Fsp3) is 0.938. The average molecular weight is 335 g/mol. The maximum atomic E-state index is 10.2. The van der Waals surface area contributed by atoms with Crippen LogP contribution in [0.3, 0.4) is 0 Å². The standard InChI is InChI=1S/C16H30O3S2/c1-6-21-14(20)9-13(17)12(2)7-8-16(5)18-10-15(3,4)11-19-16/h12-13,17H,6-11H2,1-5H3/t12-,13+/m1/s1. The maximum absolute atomic E-state index is 10.2. The minimum absolute atomic E-state index is 0.0915. The highest BCUT2D eigenvalue weighted by Crippen LogP contribution is 2.33. The molecule has 3 nitrogen and oxygen atoms in total. The topological polar surface area (TPSA) is 38.7 Å². The Balaban J connectivity index is 2.35. The van der Waals surface area contributed by atoms with Gasteiger partial charge < -0.3 is 14.6 Å². The highest BCUT2D eigenvalue weighted by Gasteiger charge is 2.37. The van der Waals surface area contributed by atoms with Crippen molar-refractivity contribution < 1.29 is 14.6 Å². The number of aliphatic hydroxyl groups excluding tert-OH is 1. The van der Waals surface area contributed by atoms with Gasteiger partial charge in [0.2, 0.25) is 0 Å². The van der Waals surface area contributed by atoms with Crippen LogP contribution in [0.1, 0.15) is 53.9 Å². The van der Waals surface area contributed by atoms with Gasteiger partial charge in [-0.1, -0.05) is 39.9 Å². The highest BCUT2D eigenvalue weighted by molar-refractivity contribution is 8.23. The molecule has 1 aliphatic heterocycles. The Kier molecular flexibility index (Phi) is 7.61. The Labute approximate surface area is 139 Å². The molecule has 0 bridgehead atoms. The van der Waals surface area contributed by atoms with Gasteiger partial charge in [-0.3, -0.25) is 0 Å². The zero-order valence-electron chi connectivity index (χ0n) is 14.0. The molecule has 0 radical (unpaired) electrons. The van der Waals surface area contributed by atoms with Crippen molar-refractivity contribution in [1.29, 1.82) is 0 Å². The quantitative estimate of drug-likeness (QED) is 0.712. The van der Waals surface area contributed by atoms with Crippen LogP contribution in [0.15, 0.2) is 0 Å². The summed E-state index contributed by atoms with van der Waals surface area (Å²) in [7, 11) is 0. The first-order valence-electron chi connectivity index (χ1n) is 7.79. The van der Waals surface area contributed by atoms with Crippen molar-refractivity contribution in [2.75, 3.05) is 19.0 Å². The SMILES string of the molecule is CCSC(=S)C[C@H](O)[C@H](C)CCC1(C)OCC(C)(C)CO1. The van der Waals surface area contributed by atoms with E-state index < -0.39 is 5.79 Å². The van der Waals surface area contributed by atoms with Gasteiger partial charge in [0.1, 0.15) is 0 Å². The lowest BCUT2D eigenvalue weighted by molar-refractivity contribution is -0.293. The molecule has 0 aromatic rings. The number of rotatable bonds is 7. The summed E-state index contributed by atoms with van der Waals surface area (Å²) in [5.41, 5.74) is 0.0915. The Morgan fingerprint density at radius 2 is 1.86 bits per heavy atom. The minimum Gasteiger partial charge on any atom is -0.392 e. The summed E-state index contributed by atoms with van der Waals surface area (Å²) in [6.45, 7) is 11.9. The number of aliphatic hydroxyl groups is 1. The van der Waals surface area contributed by atoms with Crippen LogP contribution < -0.4 is 0 Å². The summed E-state index contributed by atoms with van der Waals surface area (Å²) in [6.07, 6.45) is 1.90. The van der Waals surface area contributed by atoms with Gasteiger partial charge in [0, 0.05) is 18.3 Å². The summed E-state index contributed by atoms with van der Waals surface area (Å²) in [5.74, 6) is 0.650. The first-order chi connectivity index (χ1) is 9.67. The van der Waals surface area contributed by atoms with E-state index >= 15 is 0 Å². The summed E-state index contributed by atoms with van der Waals surface area (Å²) in [5, 5.41) is 10.2. The summed E-state index contributed by atoms with van der Waals surface area (Å²) in [6, 6.07) is 0. The van der Waals surface area contributed by atoms with Crippen LogP contribution in [0.2, 0.25) is 0 Å². The zero-order valence-corrected chi connectivity index (χ0v) is 15.6. The van der Waals surface area contributed by atoms with E-state index in [4.69, 9.17) is 21.7 Å². The van der Waals surface area contributed by atoms with Gasteiger partial charge in [0.25, 0.3) is 0 Å². The van der Waals surface area contributed by atoms with Crippen LogP contribution in [-0.2, 0) is 9.47 Å². The van der Waals surface area contributed by atoms with Crippen molar-refractivity contribution in [3.8, 4) is 0 Å². The first kappa shape index (κ1) is 19.4. The van der Waals surface area contributed by atoms with E-state index in [1.54, 1.807) is 11.8 Å².